The molecule has 1 amide bonds. The van der Waals surface area contributed by atoms with Crippen LogP contribution in [-0.4, -0.2) is 19.0 Å². The van der Waals surface area contributed by atoms with Crippen molar-refractivity contribution in [3.63, 3.8) is 0 Å². The molecule has 0 saturated heterocycles. The molecule has 26 heavy (non-hydrogen) atoms. The van der Waals surface area contributed by atoms with Gasteiger partial charge in [-0.1, -0.05) is 18.2 Å². The number of thiophene rings is 2. The SMILES string of the molecule is COC(=O)c1cc(C)sc1NC(=O)c1cc(COc2ccccc2)cs1. The first-order valence-electron chi connectivity index (χ1n) is 7.82. The summed E-state index contributed by atoms with van der Waals surface area (Å²) >= 11 is 2.68. The van der Waals surface area contributed by atoms with Crippen LogP contribution in [0, 0.1) is 6.92 Å². The predicted octanol–water partition coefficient (Wildman–Crippen LogP) is 4.74. The van der Waals surface area contributed by atoms with E-state index in [1.54, 1.807) is 12.1 Å². The fourth-order valence-electron chi connectivity index (χ4n) is 2.29. The molecule has 0 aliphatic rings. The number of carbonyl (C=O) groups is 2. The fourth-order valence-corrected chi connectivity index (χ4v) is 3.97. The van der Waals surface area contributed by atoms with Gasteiger partial charge in [0.1, 0.15) is 17.4 Å². The maximum absolute atomic E-state index is 12.5. The molecule has 0 spiro atoms. The summed E-state index contributed by atoms with van der Waals surface area (Å²) in [7, 11) is 1.32. The van der Waals surface area contributed by atoms with Gasteiger partial charge < -0.3 is 14.8 Å². The standard InChI is InChI=1S/C19H17NO4S2/c1-12-8-15(19(22)23-2)18(26-12)20-17(21)16-9-13(11-25-16)10-24-14-6-4-3-5-7-14/h3-9,11H,10H2,1-2H3,(H,20,21). The smallest absolute Gasteiger partial charge is 0.340 e. The number of amides is 1. The van der Waals surface area contributed by atoms with Gasteiger partial charge in [-0.25, -0.2) is 4.79 Å². The topological polar surface area (TPSA) is 64.6 Å². The van der Waals surface area contributed by atoms with Crippen molar-refractivity contribution >= 4 is 39.6 Å². The highest BCUT2D eigenvalue weighted by Crippen LogP contribution is 2.29. The Morgan fingerprint density at radius 1 is 1.15 bits per heavy atom. The number of para-hydroxylation sites is 1. The molecule has 2 aromatic heterocycles. The number of aryl methyl sites for hydroxylation is 1. The molecular formula is C19H17NO4S2. The van der Waals surface area contributed by atoms with Gasteiger partial charge in [0, 0.05) is 10.4 Å². The third-order valence-electron chi connectivity index (χ3n) is 3.51. The molecule has 3 aromatic rings. The molecule has 0 radical (unpaired) electrons. The minimum atomic E-state index is -0.465. The lowest BCUT2D eigenvalue weighted by Crippen LogP contribution is -2.12. The van der Waals surface area contributed by atoms with Crippen LogP contribution in [0.2, 0.25) is 0 Å². The average Bonchev–Trinajstić information content (AvgIpc) is 3.27. The highest BCUT2D eigenvalue weighted by molar-refractivity contribution is 7.17. The van der Waals surface area contributed by atoms with E-state index in [2.05, 4.69) is 5.32 Å². The lowest BCUT2D eigenvalue weighted by atomic mass is 10.3. The second kappa shape index (κ2) is 8.16. The van der Waals surface area contributed by atoms with Crippen molar-refractivity contribution in [3.8, 4) is 5.75 Å². The summed E-state index contributed by atoms with van der Waals surface area (Å²) in [6.45, 7) is 2.26. The molecule has 3 rings (SSSR count). The predicted molar refractivity (Wildman–Crippen MR) is 103 cm³/mol. The van der Waals surface area contributed by atoms with E-state index in [-0.39, 0.29) is 5.91 Å². The van der Waals surface area contributed by atoms with Gasteiger partial charge in [0.15, 0.2) is 0 Å². The monoisotopic (exact) mass is 387 g/mol. The van der Waals surface area contributed by atoms with Crippen molar-refractivity contribution in [2.45, 2.75) is 13.5 Å². The van der Waals surface area contributed by atoms with Crippen LogP contribution in [0.4, 0.5) is 5.00 Å². The number of anilines is 1. The van der Waals surface area contributed by atoms with Gasteiger partial charge in [-0.3, -0.25) is 4.79 Å². The van der Waals surface area contributed by atoms with Crippen molar-refractivity contribution in [1.82, 2.24) is 0 Å². The van der Waals surface area contributed by atoms with Crippen molar-refractivity contribution < 1.29 is 19.1 Å². The Bertz CT molecular complexity index is 915. The van der Waals surface area contributed by atoms with Crippen molar-refractivity contribution in [2.75, 3.05) is 12.4 Å². The zero-order valence-corrected chi connectivity index (χ0v) is 15.9. The van der Waals surface area contributed by atoms with E-state index in [1.165, 1.54) is 29.8 Å². The largest absolute Gasteiger partial charge is 0.489 e. The summed E-state index contributed by atoms with van der Waals surface area (Å²) < 4.78 is 10.4. The second-order valence-electron chi connectivity index (χ2n) is 5.47. The first kappa shape index (κ1) is 18.2. The van der Waals surface area contributed by atoms with Gasteiger partial charge in [0.05, 0.1) is 17.6 Å². The van der Waals surface area contributed by atoms with E-state index in [1.807, 2.05) is 42.6 Å². The third kappa shape index (κ3) is 4.30. The van der Waals surface area contributed by atoms with E-state index < -0.39 is 5.97 Å². The quantitative estimate of drug-likeness (QED) is 0.621. The molecular weight excluding hydrogens is 370 g/mol. The summed E-state index contributed by atoms with van der Waals surface area (Å²) in [5.41, 5.74) is 1.28. The molecule has 0 fully saturated rings. The van der Waals surface area contributed by atoms with E-state index >= 15 is 0 Å². The van der Waals surface area contributed by atoms with Crippen LogP contribution in [0.25, 0.3) is 0 Å². The lowest BCUT2D eigenvalue weighted by molar-refractivity contribution is 0.0602. The molecule has 134 valence electrons. The number of rotatable bonds is 6. The summed E-state index contributed by atoms with van der Waals surface area (Å²) in [6.07, 6.45) is 0. The highest BCUT2D eigenvalue weighted by Gasteiger charge is 2.19. The summed E-state index contributed by atoms with van der Waals surface area (Å²) in [5, 5.41) is 5.18. The van der Waals surface area contributed by atoms with Crippen LogP contribution in [-0.2, 0) is 11.3 Å². The summed E-state index contributed by atoms with van der Waals surface area (Å²) in [6, 6.07) is 13.0. The number of carbonyl (C=O) groups excluding carboxylic acids is 2. The number of methoxy groups -OCH3 is 1. The molecule has 0 atom stereocenters. The van der Waals surface area contributed by atoms with Gasteiger partial charge in [-0.2, -0.15) is 0 Å². The second-order valence-corrected chi connectivity index (χ2v) is 7.63. The molecule has 1 N–H and O–H groups in total. The number of nitrogens with one attached hydrogen (secondary N) is 1. The Morgan fingerprint density at radius 2 is 1.92 bits per heavy atom. The van der Waals surface area contributed by atoms with Gasteiger partial charge in [0.25, 0.3) is 5.91 Å². The third-order valence-corrected chi connectivity index (χ3v) is 5.46. The number of esters is 1. The average molecular weight is 387 g/mol. The lowest BCUT2D eigenvalue weighted by Gasteiger charge is -2.04. The molecule has 2 heterocycles. The van der Waals surface area contributed by atoms with E-state index in [4.69, 9.17) is 9.47 Å². The molecule has 5 nitrogen and oxygen atoms in total. The Morgan fingerprint density at radius 3 is 2.65 bits per heavy atom. The molecule has 0 saturated carbocycles. The number of ether oxygens (including phenoxy) is 2. The van der Waals surface area contributed by atoms with Crippen molar-refractivity contribution in [1.29, 1.82) is 0 Å². The first-order valence-corrected chi connectivity index (χ1v) is 9.52. The number of hydrogen-bond acceptors (Lipinski definition) is 6. The minimum Gasteiger partial charge on any atom is -0.489 e. The van der Waals surface area contributed by atoms with Gasteiger partial charge in [0.2, 0.25) is 0 Å². The normalized spacial score (nSPS) is 10.4. The fraction of sp³-hybridized carbons (Fsp3) is 0.158. The maximum atomic E-state index is 12.5. The maximum Gasteiger partial charge on any atom is 0.340 e. The number of hydrogen-bond donors (Lipinski definition) is 1. The first-order chi connectivity index (χ1) is 12.6. The van der Waals surface area contributed by atoms with Crippen LogP contribution >= 0.6 is 22.7 Å². The molecule has 0 unspecified atom stereocenters. The number of benzene rings is 1. The van der Waals surface area contributed by atoms with Crippen molar-refractivity contribution in [3.05, 3.63) is 68.7 Å². The van der Waals surface area contributed by atoms with Crippen LogP contribution in [0.5, 0.6) is 5.75 Å². The zero-order chi connectivity index (χ0) is 18.5. The Hall–Kier alpha value is -2.64. The minimum absolute atomic E-state index is 0.257. The Balaban J connectivity index is 1.66. The highest BCUT2D eigenvalue weighted by atomic mass is 32.1. The van der Waals surface area contributed by atoms with Crippen LogP contribution in [0.15, 0.2) is 47.8 Å². The van der Waals surface area contributed by atoms with Gasteiger partial charge >= 0.3 is 5.97 Å². The van der Waals surface area contributed by atoms with Crippen LogP contribution in [0.3, 0.4) is 0 Å². The van der Waals surface area contributed by atoms with E-state index in [9.17, 15) is 9.59 Å². The molecule has 0 aliphatic heterocycles. The van der Waals surface area contributed by atoms with E-state index in [0.29, 0.717) is 22.0 Å². The summed E-state index contributed by atoms with van der Waals surface area (Å²) in [4.78, 5) is 25.8. The van der Waals surface area contributed by atoms with Crippen molar-refractivity contribution in [2.24, 2.45) is 0 Å². The molecule has 0 bridgehead atoms. The van der Waals surface area contributed by atoms with Gasteiger partial charge in [-0.05, 0) is 36.6 Å². The van der Waals surface area contributed by atoms with Crippen LogP contribution in [0.1, 0.15) is 30.5 Å². The van der Waals surface area contributed by atoms with E-state index in [0.717, 1.165) is 16.2 Å². The zero-order valence-electron chi connectivity index (χ0n) is 14.3. The molecule has 1 aromatic carbocycles. The summed E-state index contributed by atoms with van der Waals surface area (Å²) in [5.74, 6) is 0.0576. The Kier molecular flexibility index (Phi) is 5.70. The van der Waals surface area contributed by atoms with Gasteiger partial charge in [-0.15, -0.1) is 22.7 Å². The molecule has 0 aliphatic carbocycles. The Labute approximate surface area is 159 Å². The van der Waals surface area contributed by atoms with Crippen LogP contribution < -0.4 is 10.1 Å². The molecule has 7 heteroatoms.